The summed E-state index contributed by atoms with van der Waals surface area (Å²) in [5.74, 6) is 0. The van der Waals surface area contributed by atoms with Crippen LogP contribution < -0.4 is 0 Å². The molecule has 2 aromatic heterocycles. The van der Waals surface area contributed by atoms with Gasteiger partial charge < -0.3 is 9.13 Å². The summed E-state index contributed by atoms with van der Waals surface area (Å²) in [7, 11) is 0. The molecule has 20 rings (SSSR count). The van der Waals surface area contributed by atoms with Crippen molar-refractivity contribution in [2.75, 3.05) is 0 Å². The minimum atomic E-state index is 0.147. The van der Waals surface area contributed by atoms with Crippen LogP contribution in [0.4, 0.5) is 0 Å². The maximum atomic E-state index is 2.41. The zero-order valence-electron chi connectivity index (χ0n) is 64.5. The molecule has 2 nitrogen and oxygen atoms in total. The molecule has 0 aliphatic heterocycles. The molecular weight excluding hydrogens is 1350 g/mol. The van der Waals surface area contributed by atoms with Crippen LogP contribution in [-0.4, -0.2) is 9.13 Å². The fourth-order valence-electron chi connectivity index (χ4n) is 18.0. The molecule has 0 aliphatic carbocycles. The van der Waals surface area contributed by atoms with E-state index in [0.717, 1.165) is 13.1 Å². The Morgan fingerprint density at radius 2 is 0.393 bits per heavy atom. The van der Waals surface area contributed by atoms with Crippen LogP contribution in [-0.2, 0) is 18.5 Å². The Hall–Kier alpha value is -13.4. The first kappa shape index (κ1) is 69.1. The molecule has 0 amide bonds. The van der Waals surface area contributed by atoms with Gasteiger partial charge in [-0.3, -0.25) is 0 Å². The van der Waals surface area contributed by atoms with Crippen LogP contribution in [0.5, 0.6) is 0 Å². The molecule has 2 heterocycles. The number of nitrogens with zero attached hydrogens (tertiary/aromatic N) is 2. The number of aromatic nitrogens is 2. The Kier molecular flexibility index (Phi) is 17.6. The third-order valence-corrected chi connectivity index (χ3v) is 23.5. The molecule has 0 fully saturated rings. The first-order valence-electron chi connectivity index (χ1n) is 39.6. The van der Waals surface area contributed by atoms with Gasteiger partial charge in [0.25, 0.3) is 0 Å². The minimum Gasteiger partial charge on any atom is -0.341 e. The average molecular weight is 1440 g/mol. The average Bonchev–Trinajstić information content (AvgIpc) is 1.11. The predicted molar refractivity (Wildman–Crippen MR) is 483 cm³/mol. The van der Waals surface area contributed by atoms with E-state index < -0.39 is 0 Å². The maximum Gasteiger partial charge on any atom is 0.0491 e. The van der Waals surface area contributed by atoms with Gasteiger partial charge in [-0.1, -0.05) is 366 Å². The Bertz CT molecular complexity index is 6850. The monoisotopic (exact) mass is 1430 g/mol. The van der Waals surface area contributed by atoms with Crippen LogP contribution in [0.3, 0.4) is 0 Å². The number of para-hydroxylation sites is 2. The lowest BCUT2D eigenvalue weighted by Crippen LogP contribution is -2.10. The lowest BCUT2D eigenvalue weighted by atomic mass is 9.85. The lowest BCUT2D eigenvalue weighted by Gasteiger charge is -2.19. The topological polar surface area (TPSA) is 9.86 Å². The Labute approximate surface area is 656 Å². The predicted octanol–water partition coefficient (Wildman–Crippen LogP) is 30.8. The van der Waals surface area contributed by atoms with Gasteiger partial charge in [0, 0.05) is 56.7 Å². The van der Waals surface area contributed by atoms with Crippen molar-refractivity contribution in [2.24, 2.45) is 0 Å². The standard InChI is InChI=1S/C62H49N.C48H37N/c1-5-63-58-17-11-10-12-52(58)57-40-50(36-39-59(57)63)47-24-22-42(23-25-47)45-28-32-49(33-29-45)61-55-15-8-6-13-53(55)60(54-14-7-9-16-56(54)61)48-30-26-44(27-31-48)41-18-20-43(21-19-41)46-34-37-51(38-35-46)62(2,3)4;1-4-49-45-16-10-9-11-39(45)44-30-37(25-26-46(44)49)35-19-17-33(18-20-35)34-21-23-36(24-22-34)47-40-12-5-7-14-42(40)48(43-15-8-6-13-41(43)47)38-28-31(2)27-32(3)29-38/h6-40H,5H2,1-4H3;5-30H,4H2,1-3H3. The molecular formula is C110H86N2. The highest BCUT2D eigenvalue weighted by molar-refractivity contribution is 6.23. The van der Waals surface area contributed by atoms with Gasteiger partial charge in [0.05, 0.1) is 0 Å². The zero-order chi connectivity index (χ0) is 75.7. The molecule has 2 heteroatoms. The van der Waals surface area contributed by atoms with Crippen LogP contribution in [0.25, 0.3) is 198 Å². The van der Waals surface area contributed by atoms with E-state index in [2.05, 4.69) is 428 Å². The van der Waals surface area contributed by atoms with Gasteiger partial charge in [0.15, 0.2) is 0 Å². The van der Waals surface area contributed by atoms with E-state index in [1.54, 1.807) is 0 Å². The van der Waals surface area contributed by atoms with E-state index in [4.69, 9.17) is 0 Å². The van der Waals surface area contributed by atoms with Crippen molar-refractivity contribution >= 4 is 86.7 Å². The third kappa shape index (κ3) is 12.4. The zero-order valence-corrected chi connectivity index (χ0v) is 64.5. The van der Waals surface area contributed by atoms with E-state index in [1.165, 1.54) is 215 Å². The molecule has 0 saturated carbocycles. The number of fused-ring (bicyclic) bond motifs is 10. The van der Waals surface area contributed by atoms with Gasteiger partial charge in [0.1, 0.15) is 0 Å². The Balaban J connectivity index is 0.000000156. The van der Waals surface area contributed by atoms with Gasteiger partial charge in [0.2, 0.25) is 0 Å². The fourth-order valence-corrected chi connectivity index (χ4v) is 18.0. The summed E-state index contributed by atoms with van der Waals surface area (Å²) >= 11 is 0. The van der Waals surface area contributed by atoms with Gasteiger partial charge in [-0.15, -0.1) is 0 Å². The quantitative estimate of drug-likeness (QED) is 0.108. The van der Waals surface area contributed by atoms with E-state index in [0.29, 0.717) is 0 Å². The van der Waals surface area contributed by atoms with E-state index >= 15 is 0 Å². The molecule has 0 saturated heterocycles. The van der Waals surface area contributed by atoms with Gasteiger partial charge in [-0.25, -0.2) is 0 Å². The number of rotatable bonds is 12. The second-order valence-electron chi connectivity index (χ2n) is 31.3. The molecule has 0 unspecified atom stereocenters. The Morgan fingerprint density at radius 3 is 0.652 bits per heavy atom. The van der Waals surface area contributed by atoms with Crippen molar-refractivity contribution < 1.29 is 0 Å². The van der Waals surface area contributed by atoms with Crippen molar-refractivity contribution in [2.45, 2.75) is 67.0 Å². The lowest BCUT2D eigenvalue weighted by molar-refractivity contribution is 0.590. The minimum absolute atomic E-state index is 0.147. The summed E-state index contributed by atoms with van der Waals surface area (Å²) in [6, 6.07) is 137. The van der Waals surface area contributed by atoms with E-state index in [1.807, 2.05) is 0 Å². The van der Waals surface area contributed by atoms with Crippen molar-refractivity contribution in [3.05, 3.63) is 387 Å². The number of benzene rings is 18. The molecule has 0 radical (unpaired) electrons. The molecule has 0 bridgehead atoms. The summed E-state index contributed by atoms with van der Waals surface area (Å²) in [5, 5.41) is 15.5. The highest BCUT2D eigenvalue weighted by atomic mass is 15.0. The van der Waals surface area contributed by atoms with Crippen LogP contribution in [0.15, 0.2) is 370 Å². The summed E-state index contributed by atoms with van der Waals surface area (Å²) in [4.78, 5) is 0. The van der Waals surface area contributed by atoms with Crippen molar-refractivity contribution in [3.8, 4) is 111 Å². The summed E-state index contributed by atoms with van der Waals surface area (Å²) in [6.07, 6.45) is 0. The molecule has 20 aromatic rings. The van der Waals surface area contributed by atoms with Crippen molar-refractivity contribution in [3.63, 3.8) is 0 Å². The largest absolute Gasteiger partial charge is 0.341 e. The third-order valence-electron chi connectivity index (χ3n) is 23.5. The van der Waals surface area contributed by atoms with Crippen LogP contribution in [0, 0.1) is 13.8 Å². The maximum absolute atomic E-state index is 2.41. The molecule has 0 aliphatic rings. The van der Waals surface area contributed by atoms with E-state index in [-0.39, 0.29) is 5.41 Å². The second-order valence-corrected chi connectivity index (χ2v) is 31.3. The number of hydrogen-bond donors (Lipinski definition) is 0. The molecule has 536 valence electrons. The molecule has 0 atom stereocenters. The highest BCUT2D eigenvalue weighted by Gasteiger charge is 2.22. The molecule has 112 heavy (non-hydrogen) atoms. The Morgan fingerprint density at radius 1 is 0.188 bits per heavy atom. The SMILES string of the molecule is CCn1c2ccccc2c2cc(-c3ccc(-c4ccc(-c5c6ccccc6c(-c6cc(C)cc(C)c6)c6ccccc56)cc4)cc3)ccc21.CCn1c2ccccc2c2cc(-c3ccc(-c4ccc(-c5c6ccccc6c(-c6ccc(-c7ccc(-c8ccc(C(C)(C)C)cc8)cc7)cc6)c6ccccc56)cc4)cc3)ccc21. The summed E-state index contributed by atoms with van der Waals surface area (Å²) in [5.41, 5.74) is 34.1. The first-order valence-corrected chi connectivity index (χ1v) is 39.6. The molecule has 0 spiro atoms. The van der Waals surface area contributed by atoms with Gasteiger partial charge >= 0.3 is 0 Å². The summed E-state index contributed by atoms with van der Waals surface area (Å²) in [6.45, 7) is 17.5. The van der Waals surface area contributed by atoms with Gasteiger partial charge in [-0.2, -0.15) is 0 Å². The number of aryl methyl sites for hydroxylation is 4. The van der Waals surface area contributed by atoms with E-state index in [9.17, 15) is 0 Å². The van der Waals surface area contributed by atoms with Crippen LogP contribution in [0.1, 0.15) is 51.3 Å². The van der Waals surface area contributed by atoms with Crippen LogP contribution in [0.2, 0.25) is 0 Å². The smallest absolute Gasteiger partial charge is 0.0491 e. The normalized spacial score (nSPS) is 11.8. The highest BCUT2D eigenvalue weighted by Crippen LogP contribution is 2.48. The summed E-state index contributed by atoms with van der Waals surface area (Å²) < 4.78 is 4.82. The second kappa shape index (κ2) is 28.6. The first-order chi connectivity index (χ1) is 54.9. The molecule has 0 N–H and O–H groups in total. The van der Waals surface area contributed by atoms with Crippen molar-refractivity contribution in [1.82, 2.24) is 9.13 Å². The van der Waals surface area contributed by atoms with Gasteiger partial charge in [-0.05, 0) is 229 Å². The fraction of sp³-hybridized carbons (Fsp3) is 0.0909. The van der Waals surface area contributed by atoms with Crippen molar-refractivity contribution in [1.29, 1.82) is 0 Å². The molecule has 18 aromatic carbocycles. The number of hydrogen-bond acceptors (Lipinski definition) is 0. The van der Waals surface area contributed by atoms with Crippen LogP contribution >= 0.6 is 0 Å².